The molecule has 2 fully saturated rings. The number of hydrogen-bond donors (Lipinski definition) is 1. The number of carboxylic acid groups (broad SMARTS) is 1. The smallest absolute Gasteiger partial charge is 0.414 e. The standard InChI is InChI=1S/C25H33F3N10O5S/c1-24(2,3)38(23(39)40)21-29-13-16(14-30-21)18-32-19(34-9-11-43-12-10-34)17-20(33-18)37(15-25(26,27)28)22(31-17)35-5-7-36(8-6-35)44(4,41)42/h13-14H,5-12,15H2,1-4H3,(H,39,40). The quantitative estimate of drug-likeness (QED) is 0.417. The van der Waals surface area contributed by atoms with Crippen LogP contribution in [-0.4, -0.2) is 124 Å². The highest BCUT2D eigenvalue weighted by Crippen LogP contribution is 2.34. The second kappa shape index (κ2) is 11.6. The predicted molar refractivity (Wildman–Crippen MR) is 154 cm³/mol. The van der Waals surface area contributed by atoms with Crippen LogP contribution in [0, 0.1) is 0 Å². The molecule has 0 aromatic carbocycles. The zero-order valence-corrected chi connectivity index (χ0v) is 25.4. The summed E-state index contributed by atoms with van der Waals surface area (Å²) in [6.07, 6.45) is -2.14. The highest BCUT2D eigenvalue weighted by atomic mass is 32.2. The van der Waals surface area contributed by atoms with Gasteiger partial charge in [-0.1, -0.05) is 0 Å². The van der Waals surface area contributed by atoms with Crippen molar-refractivity contribution in [3.05, 3.63) is 12.4 Å². The Morgan fingerprint density at radius 2 is 1.59 bits per heavy atom. The molecular weight excluding hydrogens is 609 g/mol. The molecule has 2 aliphatic heterocycles. The molecule has 19 heteroatoms. The van der Waals surface area contributed by atoms with Crippen molar-refractivity contribution in [1.29, 1.82) is 0 Å². The van der Waals surface area contributed by atoms with Gasteiger partial charge in [0, 0.05) is 57.2 Å². The molecule has 3 aromatic rings. The average molecular weight is 643 g/mol. The molecule has 0 atom stereocenters. The minimum Gasteiger partial charge on any atom is -0.465 e. The van der Waals surface area contributed by atoms with Crippen molar-refractivity contribution in [2.45, 2.75) is 39.0 Å². The first-order valence-corrected chi connectivity index (χ1v) is 15.6. The van der Waals surface area contributed by atoms with Crippen molar-refractivity contribution >= 4 is 45.0 Å². The van der Waals surface area contributed by atoms with Crippen molar-refractivity contribution in [3.8, 4) is 11.4 Å². The van der Waals surface area contributed by atoms with E-state index < -0.39 is 34.4 Å². The summed E-state index contributed by atoms with van der Waals surface area (Å²) in [5.41, 5.74) is -0.505. The van der Waals surface area contributed by atoms with E-state index in [2.05, 4.69) is 24.9 Å². The van der Waals surface area contributed by atoms with Crippen LogP contribution < -0.4 is 14.7 Å². The molecule has 240 valence electrons. The summed E-state index contributed by atoms with van der Waals surface area (Å²) in [5, 5.41) is 9.70. The van der Waals surface area contributed by atoms with Crippen LogP contribution in [0.5, 0.6) is 0 Å². The Labute approximate surface area is 251 Å². The number of fused-ring (bicyclic) bond motifs is 1. The Morgan fingerprint density at radius 3 is 2.11 bits per heavy atom. The highest BCUT2D eigenvalue weighted by molar-refractivity contribution is 7.88. The van der Waals surface area contributed by atoms with Crippen LogP contribution in [0.4, 0.5) is 35.7 Å². The van der Waals surface area contributed by atoms with Gasteiger partial charge in [-0.3, -0.25) is 4.57 Å². The zero-order chi connectivity index (χ0) is 32.0. The maximum atomic E-state index is 14.0. The number of hydrogen-bond acceptors (Lipinski definition) is 11. The van der Waals surface area contributed by atoms with Crippen LogP contribution in [0.25, 0.3) is 22.6 Å². The first-order chi connectivity index (χ1) is 20.5. The molecule has 0 spiro atoms. The van der Waals surface area contributed by atoms with E-state index in [-0.39, 0.29) is 60.6 Å². The molecule has 0 saturated carbocycles. The fourth-order valence-corrected chi connectivity index (χ4v) is 5.94. The van der Waals surface area contributed by atoms with Crippen molar-refractivity contribution in [2.75, 3.05) is 73.4 Å². The van der Waals surface area contributed by atoms with E-state index in [9.17, 15) is 31.5 Å². The number of anilines is 3. The lowest BCUT2D eigenvalue weighted by molar-refractivity contribution is -0.139. The molecule has 3 aromatic heterocycles. The van der Waals surface area contributed by atoms with Crippen molar-refractivity contribution in [1.82, 2.24) is 33.8 Å². The molecule has 0 bridgehead atoms. The predicted octanol–water partition coefficient (Wildman–Crippen LogP) is 2.05. The van der Waals surface area contributed by atoms with Gasteiger partial charge < -0.3 is 19.6 Å². The Kier molecular flexibility index (Phi) is 8.31. The number of amides is 1. The number of nitrogens with zero attached hydrogens (tertiary/aromatic N) is 10. The summed E-state index contributed by atoms with van der Waals surface area (Å²) in [4.78, 5) is 38.6. The molecule has 5 heterocycles. The van der Waals surface area contributed by atoms with Crippen LogP contribution in [0.1, 0.15) is 20.8 Å². The SMILES string of the molecule is CC(C)(C)N(C(=O)O)c1ncc(-c2nc(N3CCOCC3)c3nc(N4CCN(S(C)(=O)=O)CC4)n(CC(F)(F)F)c3n2)cn1. The third-order valence-corrected chi connectivity index (χ3v) is 8.46. The first kappa shape index (κ1) is 31.6. The normalized spacial score (nSPS) is 17.3. The van der Waals surface area contributed by atoms with Gasteiger partial charge in [0.1, 0.15) is 6.54 Å². The molecule has 5 rings (SSSR count). The average Bonchev–Trinajstić information content (AvgIpc) is 3.29. The van der Waals surface area contributed by atoms with Gasteiger partial charge in [-0.15, -0.1) is 0 Å². The summed E-state index contributed by atoms with van der Waals surface area (Å²) >= 11 is 0. The first-order valence-electron chi connectivity index (χ1n) is 13.8. The summed E-state index contributed by atoms with van der Waals surface area (Å²) < 4.78 is 73.7. The Hall–Kier alpha value is -3.84. The van der Waals surface area contributed by atoms with Gasteiger partial charge in [-0.2, -0.15) is 17.5 Å². The molecule has 44 heavy (non-hydrogen) atoms. The fourth-order valence-electron chi connectivity index (χ4n) is 5.11. The van der Waals surface area contributed by atoms with Gasteiger partial charge in [0.05, 0.1) is 25.0 Å². The monoisotopic (exact) mass is 642 g/mol. The third kappa shape index (κ3) is 6.63. The number of imidazole rings is 1. The summed E-state index contributed by atoms with van der Waals surface area (Å²) in [5.74, 6) is 0.247. The van der Waals surface area contributed by atoms with Crippen LogP contribution in [-0.2, 0) is 21.3 Å². The number of alkyl halides is 3. The number of sulfonamides is 1. The van der Waals surface area contributed by atoms with E-state index in [1.807, 2.05) is 4.90 Å². The molecule has 1 amide bonds. The topological polar surface area (TPSA) is 163 Å². The number of piperazine rings is 1. The minimum absolute atomic E-state index is 0.000288. The highest BCUT2D eigenvalue weighted by Gasteiger charge is 2.35. The van der Waals surface area contributed by atoms with Gasteiger partial charge in [0.15, 0.2) is 22.8 Å². The zero-order valence-electron chi connectivity index (χ0n) is 24.6. The number of halogens is 3. The maximum absolute atomic E-state index is 14.0. The van der Waals surface area contributed by atoms with E-state index in [1.54, 1.807) is 25.7 Å². The van der Waals surface area contributed by atoms with Gasteiger partial charge in [0.25, 0.3) is 0 Å². The van der Waals surface area contributed by atoms with Gasteiger partial charge in [-0.25, -0.2) is 43.0 Å². The minimum atomic E-state index is -4.63. The van der Waals surface area contributed by atoms with Crippen LogP contribution in [0.15, 0.2) is 12.4 Å². The summed E-state index contributed by atoms with van der Waals surface area (Å²) in [6.45, 7) is 5.68. The van der Waals surface area contributed by atoms with Crippen LogP contribution >= 0.6 is 0 Å². The van der Waals surface area contributed by atoms with Gasteiger partial charge in [0.2, 0.25) is 21.9 Å². The maximum Gasteiger partial charge on any atom is 0.414 e. The molecule has 1 N–H and O–H groups in total. The van der Waals surface area contributed by atoms with E-state index in [0.717, 1.165) is 15.7 Å². The number of ether oxygens (including phenoxy) is 1. The molecule has 0 aliphatic carbocycles. The molecule has 2 aliphatic rings. The Morgan fingerprint density at radius 1 is 0.977 bits per heavy atom. The molecule has 0 radical (unpaired) electrons. The fraction of sp³-hybridized carbons (Fsp3) is 0.600. The van der Waals surface area contributed by atoms with Gasteiger partial charge in [-0.05, 0) is 20.8 Å². The molecular formula is C25H33F3N10O5S. The van der Waals surface area contributed by atoms with Crippen molar-refractivity contribution < 1.29 is 36.2 Å². The van der Waals surface area contributed by atoms with E-state index in [0.29, 0.717) is 32.1 Å². The summed E-state index contributed by atoms with van der Waals surface area (Å²) in [6, 6.07) is 0. The number of carbonyl (C=O) groups is 1. The largest absolute Gasteiger partial charge is 0.465 e. The van der Waals surface area contributed by atoms with Crippen molar-refractivity contribution in [3.63, 3.8) is 0 Å². The van der Waals surface area contributed by atoms with E-state index in [4.69, 9.17) is 4.74 Å². The lowest BCUT2D eigenvalue weighted by Gasteiger charge is -2.34. The molecule has 0 unspecified atom stereocenters. The Balaban J connectivity index is 1.64. The van der Waals surface area contributed by atoms with Gasteiger partial charge >= 0.3 is 12.3 Å². The molecule has 2 saturated heterocycles. The second-order valence-corrected chi connectivity index (χ2v) is 13.4. The van der Waals surface area contributed by atoms with Crippen LogP contribution in [0.3, 0.4) is 0 Å². The second-order valence-electron chi connectivity index (χ2n) is 11.5. The lowest BCUT2D eigenvalue weighted by atomic mass is 10.1. The molecule has 15 nitrogen and oxygen atoms in total. The summed E-state index contributed by atoms with van der Waals surface area (Å²) in [7, 11) is -3.46. The van der Waals surface area contributed by atoms with Crippen LogP contribution in [0.2, 0.25) is 0 Å². The number of morpholine rings is 1. The van der Waals surface area contributed by atoms with E-state index >= 15 is 0 Å². The van der Waals surface area contributed by atoms with E-state index in [1.165, 1.54) is 16.7 Å². The number of aromatic nitrogens is 6. The lowest BCUT2D eigenvalue weighted by Crippen LogP contribution is -2.49. The number of rotatable bonds is 6. The third-order valence-electron chi connectivity index (χ3n) is 7.15. The Bertz CT molecular complexity index is 1630. The van der Waals surface area contributed by atoms with Crippen molar-refractivity contribution in [2.24, 2.45) is 0 Å².